The molecule has 0 aromatic rings. The number of methoxy groups -OCH3 is 1. The minimum absolute atomic E-state index is 0.148. The van der Waals surface area contributed by atoms with Gasteiger partial charge in [0.1, 0.15) is 6.61 Å². The molecule has 1 heterocycles. The molecule has 1 aliphatic heterocycles. The molecular formula is C8H15NO3. The van der Waals surface area contributed by atoms with Crippen molar-refractivity contribution in [3.8, 4) is 0 Å². The highest BCUT2D eigenvalue weighted by molar-refractivity contribution is 5.85. The van der Waals surface area contributed by atoms with Gasteiger partial charge in [0.15, 0.2) is 6.29 Å². The van der Waals surface area contributed by atoms with Crippen molar-refractivity contribution in [2.24, 2.45) is 11.1 Å². The maximum absolute atomic E-state index is 5.36. The van der Waals surface area contributed by atoms with Crippen LogP contribution in [0.4, 0.5) is 0 Å². The second-order valence-electron chi connectivity index (χ2n) is 2.69. The van der Waals surface area contributed by atoms with Crippen LogP contribution in [0.25, 0.3) is 0 Å². The van der Waals surface area contributed by atoms with Gasteiger partial charge in [-0.25, -0.2) is 0 Å². The Morgan fingerprint density at radius 2 is 2.50 bits per heavy atom. The monoisotopic (exact) mass is 173 g/mol. The summed E-state index contributed by atoms with van der Waals surface area (Å²) in [5.41, 5.74) is 0.940. The molecule has 4 heteroatoms. The molecule has 0 aromatic carbocycles. The minimum Gasteiger partial charge on any atom is -0.395 e. The molecule has 1 rings (SSSR count). The molecule has 2 atom stereocenters. The molecule has 0 bridgehead atoms. The highest BCUT2D eigenvalue weighted by Gasteiger charge is 2.29. The number of hydrogen-bond donors (Lipinski definition) is 0. The van der Waals surface area contributed by atoms with Crippen LogP contribution in [-0.2, 0) is 14.3 Å². The Labute approximate surface area is 72.5 Å². The van der Waals surface area contributed by atoms with Crippen LogP contribution in [0.2, 0.25) is 0 Å². The third-order valence-corrected chi connectivity index (χ3v) is 1.89. The molecule has 0 saturated carbocycles. The van der Waals surface area contributed by atoms with Gasteiger partial charge in [0, 0.05) is 13.7 Å². The maximum atomic E-state index is 5.36. The second kappa shape index (κ2) is 4.42. The van der Waals surface area contributed by atoms with Gasteiger partial charge in [0.25, 0.3) is 0 Å². The zero-order valence-electron chi connectivity index (χ0n) is 7.74. The molecule has 0 aromatic heterocycles. The first-order valence-corrected chi connectivity index (χ1v) is 4.10. The molecule has 4 nitrogen and oxygen atoms in total. The Morgan fingerprint density at radius 1 is 1.75 bits per heavy atom. The van der Waals surface area contributed by atoms with Gasteiger partial charge in [0.2, 0.25) is 0 Å². The van der Waals surface area contributed by atoms with Gasteiger partial charge in [0.05, 0.1) is 11.6 Å². The van der Waals surface area contributed by atoms with Gasteiger partial charge < -0.3 is 14.3 Å². The van der Waals surface area contributed by atoms with Gasteiger partial charge in [-0.3, -0.25) is 0 Å². The van der Waals surface area contributed by atoms with Crippen LogP contribution < -0.4 is 0 Å². The van der Waals surface area contributed by atoms with Crippen molar-refractivity contribution in [2.75, 3.05) is 20.3 Å². The van der Waals surface area contributed by atoms with E-state index in [1.165, 1.54) is 0 Å². The molecule has 0 spiro atoms. The van der Waals surface area contributed by atoms with Crippen molar-refractivity contribution in [3.05, 3.63) is 0 Å². The Bertz CT molecular complexity index is 170. The average molecular weight is 173 g/mol. The van der Waals surface area contributed by atoms with E-state index in [2.05, 4.69) is 5.16 Å². The normalized spacial score (nSPS) is 24.9. The lowest BCUT2D eigenvalue weighted by atomic mass is 10.1. The quantitative estimate of drug-likeness (QED) is 0.596. The maximum Gasteiger partial charge on any atom is 0.168 e. The van der Waals surface area contributed by atoms with Crippen molar-refractivity contribution in [3.63, 3.8) is 0 Å². The zero-order valence-corrected chi connectivity index (χ0v) is 7.74. The molecule has 12 heavy (non-hydrogen) atoms. The second-order valence-corrected chi connectivity index (χ2v) is 2.69. The van der Waals surface area contributed by atoms with E-state index >= 15 is 0 Å². The van der Waals surface area contributed by atoms with E-state index in [1.807, 2.05) is 13.8 Å². The van der Waals surface area contributed by atoms with Crippen LogP contribution in [0.3, 0.4) is 0 Å². The Hall–Kier alpha value is -0.610. The van der Waals surface area contributed by atoms with Crippen molar-refractivity contribution in [2.45, 2.75) is 20.1 Å². The minimum atomic E-state index is -0.221. The lowest BCUT2D eigenvalue weighted by Crippen LogP contribution is -2.31. The Morgan fingerprint density at radius 3 is 2.92 bits per heavy atom. The molecule has 0 aliphatic carbocycles. The Kier molecular flexibility index (Phi) is 3.49. The Balaban J connectivity index is 2.48. The predicted molar refractivity (Wildman–Crippen MR) is 45.0 cm³/mol. The van der Waals surface area contributed by atoms with Gasteiger partial charge in [-0.05, 0) is 13.8 Å². The fraction of sp³-hybridized carbons (Fsp3) is 0.875. The van der Waals surface area contributed by atoms with Crippen LogP contribution in [-0.4, -0.2) is 32.3 Å². The van der Waals surface area contributed by atoms with Crippen LogP contribution in [0.5, 0.6) is 0 Å². The summed E-state index contributed by atoms with van der Waals surface area (Å²) < 4.78 is 10.5. The topological polar surface area (TPSA) is 40.0 Å². The third-order valence-electron chi connectivity index (χ3n) is 1.89. The molecular weight excluding hydrogens is 158 g/mol. The van der Waals surface area contributed by atoms with Gasteiger partial charge in [-0.15, -0.1) is 0 Å². The molecule has 1 aliphatic rings. The highest BCUT2D eigenvalue weighted by atomic mass is 16.7. The molecule has 0 saturated heterocycles. The van der Waals surface area contributed by atoms with Crippen LogP contribution in [0.1, 0.15) is 13.8 Å². The summed E-state index contributed by atoms with van der Waals surface area (Å²) in [7, 11) is 1.63. The number of ether oxygens (including phenoxy) is 2. The number of rotatable bonds is 4. The fourth-order valence-electron chi connectivity index (χ4n) is 1.20. The first kappa shape index (κ1) is 9.48. The summed E-state index contributed by atoms with van der Waals surface area (Å²) in [4.78, 5) is 4.93. The van der Waals surface area contributed by atoms with Crippen molar-refractivity contribution < 1.29 is 14.3 Å². The molecule has 0 N–H and O–H groups in total. The molecule has 0 fully saturated rings. The van der Waals surface area contributed by atoms with Crippen molar-refractivity contribution in [1.82, 2.24) is 0 Å². The van der Waals surface area contributed by atoms with Gasteiger partial charge >= 0.3 is 0 Å². The summed E-state index contributed by atoms with van der Waals surface area (Å²) in [5.74, 6) is 0.148. The van der Waals surface area contributed by atoms with Crippen molar-refractivity contribution >= 4 is 5.71 Å². The SMILES string of the molecule is CCOC(OC)C1CON=C1C. The van der Waals surface area contributed by atoms with E-state index in [9.17, 15) is 0 Å². The summed E-state index contributed by atoms with van der Waals surface area (Å²) in [6, 6.07) is 0. The lowest BCUT2D eigenvalue weighted by Gasteiger charge is -2.19. The molecule has 70 valence electrons. The van der Waals surface area contributed by atoms with E-state index in [0.717, 1.165) is 5.71 Å². The molecule has 2 unspecified atom stereocenters. The summed E-state index contributed by atoms with van der Waals surface area (Å²) in [5, 5.41) is 3.83. The lowest BCUT2D eigenvalue weighted by molar-refractivity contribution is -0.143. The standard InChI is InChI=1S/C8H15NO3/c1-4-11-8(10-3)7-5-12-9-6(7)2/h7-8H,4-5H2,1-3H3. The van der Waals surface area contributed by atoms with Crippen LogP contribution >= 0.6 is 0 Å². The summed E-state index contributed by atoms with van der Waals surface area (Å²) in [6.45, 7) is 5.06. The molecule has 0 radical (unpaired) electrons. The van der Waals surface area contributed by atoms with Gasteiger partial charge in [-0.1, -0.05) is 5.16 Å². The van der Waals surface area contributed by atoms with Crippen LogP contribution in [0.15, 0.2) is 5.16 Å². The average Bonchev–Trinajstić information content (AvgIpc) is 2.47. The first-order chi connectivity index (χ1) is 5.79. The zero-order chi connectivity index (χ0) is 8.97. The van der Waals surface area contributed by atoms with E-state index in [1.54, 1.807) is 7.11 Å². The van der Waals surface area contributed by atoms with E-state index in [-0.39, 0.29) is 12.2 Å². The largest absolute Gasteiger partial charge is 0.395 e. The van der Waals surface area contributed by atoms with E-state index < -0.39 is 0 Å². The number of hydrogen-bond acceptors (Lipinski definition) is 4. The van der Waals surface area contributed by atoms with E-state index in [4.69, 9.17) is 14.3 Å². The number of nitrogens with zero attached hydrogens (tertiary/aromatic N) is 1. The predicted octanol–water partition coefficient (Wildman–Crippen LogP) is 1.02. The smallest absolute Gasteiger partial charge is 0.168 e. The fourth-order valence-corrected chi connectivity index (χ4v) is 1.20. The third kappa shape index (κ3) is 1.95. The summed E-state index contributed by atoms with van der Waals surface area (Å²) in [6.07, 6.45) is -0.221. The molecule has 0 amide bonds. The number of oxime groups is 1. The highest BCUT2D eigenvalue weighted by Crippen LogP contribution is 2.17. The van der Waals surface area contributed by atoms with E-state index in [0.29, 0.717) is 13.2 Å². The van der Waals surface area contributed by atoms with Crippen LogP contribution in [0, 0.1) is 5.92 Å². The van der Waals surface area contributed by atoms with Crippen molar-refractivity contribution in [1.29, 1.82) is 0 Å². The summed E-state index contributed by atoms with van der Waals surface area (Å²) >= 11 is 0. The first-order valence-electron chi connectivity index (χ1n) is 4.10. The van der Waals surface area contributed by atoms with Gasteiger partial charge in [-0.2, -0.15) is 0 Å².